The number of carbonyl (C=O) groups excluding carboxylic acids is 3. The predicted molar refractivity (Wildman–Crippen MR) is 157 cm³/mol. The summed E-state index contributed by atoms with van der Waals surface area (Å²) >= 11 is 12.6. The topological polar surface area (TPSA) is 111 Å². The van der Waals surface area contributed by atoms with Gasteiger partial charge in [0.05, 0.1) is 17.6 Å². The van der Waals surface area contributed by atoms with Crippen LogP contribution in [0.5, 0.6) is 0 Å². The summed E-state index contributed by atoms with van der Waals surface area (Å²) in [5, 5.41) is 6.90. The van der Waals surface area contributed by atoms with E-state index in [0.717, 1.165) is 0 Å². The van der Waals surface area contributed by atoms with E-state index in [9.17, 15) is 14.4 Å². The highest BCUT2D eigenvalue weighted by Crippen LogP contribution is 2.57. The Labute approximate surface area is 249 Å². The van der Waals surface area contributed by atoms with E-state index in [1.54, 1.807) is 30.3 Å². The van der Waals surface area contributed by atoms with Crippen molar-refractivity contribution in [3.63, 3.8) is 0 Å². The first-order valence-corrected chi connectivity index (χ1v) is 14.7. The number of carbonyl (C=O) groups is 3. The first kappa shape index (κ1) is 30.0. The number of esters is 1. The number of rotatable bonds is 7. The molecule has 5 rings (SSSR count). The smallest absolute Gasteiger partial charge is 0.320 e. The van der Waals surface area contributed by atoms with Crippen molar-refractivity contribution in [1.29, 1.82) is 0 Å². The highest BCUT2D eigenvalue weighted by molar-refractivity contribution is 6.31. The lowest BCUT2D eigenvalue weighted by atomic mass is 9.61. The van der Waals surface area contributed by atoms with Gasteiger partial charge < -0.3 is 21.1 Å². The third-order valence-electron chi connectivity index (χ3n) is 8.74. The molecule has 1 amide bonds. The molecule has 10 heteroatoms. The molecule has 1 spiro atoms. The Morgan fingerprint density at radius 3 is 2.54 bits per heavy atom. The number of ether oxygens (including phenoxy) is 1. The molecule has 2 heterocycles. The van der Waals surface area contributed by atoms with Gasteiger partial charge in [-0.2, -0.15) is 0 Å². The van der Waals surface area contributed by atoms with Crippen molar-refractivity contribution in [2.24, 2.45) is 17.1 Å². The van der Waals surface area contributed by atoms with Crippen LogP contribution in [-0.2, 0) is 24.5 Å². The number of anilines is 1. The molecule has 1 saturated heterocycles. The van der Waals surface area contributed by atoms with Crippen molar-refractivity contribution in [2.45, 2.75) is 82.4 Å². The lowest BCUT2D eigenvalue weighted by molar-refractivity contribution is -0.171. The zero-order valence-corrected chi connectivity index (χ0v) is 25.2. The maximum atomic E-state index is 15.9. The lowest BCUT2D eigenvalue weighted by Gasteiger charge is -2.44. The van der Waals surface area contributed by atoms with Crippen LogP contribution in [0, 0.1) is 17.2 Å². The summed E-state index contributed by atoms with van der Waals surface area (Å²) in [4.78, 5) is 40.1. The summed E-state index contributed by atoms with van der Waals surface area (Å²) < 4.78 is 21.3. The van der Waals surface area contributed by atoms with E-state index >= 15 is 4.39 Å². The number of benzene rings is 2. The SMILES string of the molecule is CC(C)(C)C[C@H]1N[C@@H](C(=O)CC2CC(C)(OC(=O)CN)C2)[C@H](c2cccc(Cl)c2F)[C@@]12C(=O)Nc1cc(Cl)ccc12. The van der Waals surface area contributed by atoms with Gasteiger partial charge in [0.1, 0.15) is 16.8 Å². The van der Waals surface area contributed by atoms with Gasteiger partial charge in [-0.15, -0.1) is 0 Å². The quantitative estimate of drug-likeness (QED) is 0.360. The number of hydrogen-bond acceptors (Lipinski definition) is 6. The maximum absolute atomic E-state index is 15.9. The molecule has 1 saturated carbocycles. The highest BCUT2D eigenvalue weighted by Gasteiger charge is 2.66. The number of hydrogen-bond donors (Lipinski definition) is 3. The molecule has 2 aromatic carbocycles. The van der Waals surface area contributed by atoms with Crippen molar-refractivity contribution in [3.8, 4) is 0 Å². The molecular weight excluding hydrogens is 568 g/mol. The van der Waals surface area contributed by atoms with E-state index in [0.29, 0.717) is 35.5 Å². The zero-order valence-electron chi connectivity index (χ0n) is 23.7. The van der Waals surface area contributed by atoms with Crippen molar-refractivity contribution in [1.82, 2.24) is 5.32 Å². The fraction of sp³-hybridized carbons (Fsp3) is 0.516. The molecular formula is C31H36Cl2FN3O4. The summed E-state index contributed by atoms with van der Waals surface area (Å²) in [5.74, 6) is -2.45. The lowest BCUT2D eigenvalue weighted by Crippen LogP contribution is -2.49. The van der Waals surface area contributed by atoms with Crippen molar-refractivity contribution in [3.05, 3.63) is 63.4 Å². The molecule has 0 unspecified atom stereocenters. The molecule has 4 N–H and O–H groups in total. The van der Waals surface area contributed by atoms with Gasteiger partial charge in [0.2, 0.25) is 5.91 Å². The largest absolute Gasteiger partial charge is 0.458 e. The Kier molecular flexibility index (Phi) is 7.77. The molecule has 4 atom stereocenters. The van der Waals surface area contributed by atoms with Gasteiger partial charge in [0.15, 0.2) is 5.78 Å². The summed E-state index contributed by atoms with van der Waals surface area (Å²) in [6, 6.07) is 8.58. The number of nitrogens with one attached hydrogen (secondary N) is 2. The molecule has 0 bridgehead atoms. The molecule has 2 fully saturated rings. The molecule has 7 nitrogen and oxygen atoms in total. The fourth-order valence-electron chi connectivity index (χ4n) is 7.32. The van der Waals surface area contributed by atoms with Crippen LogP contribution in [0.15, 0.2) is 36.4 Å². The Balaban J connectivity index is 1.58. The monoisotopic (exact) mass is 603 g/mol. The molecule has 41 heavy (non-hydrogen) atoms. The highest BCUT2D eigenvalue weighted by atomic mass is 35.5. The van der Waals surface area contributed by atoms with Gasteiger partial charge in [-0.05, 0) is 66.8 Å². The van der Waals surface area contributed by atoms with Gasteiger partial charge in [-0.25, -0.2) is 4.39 Å². The number of amides is 1. The zero-order chi connectivity index (χ0) is 29.9. The second-order valence-electron chi connectivity index (χ2n) is 13.2. The third kappa shape index (κ3) is 5.29. The van der Waals surface area contributed by atoms with Crippen LogP contribution in [0.1, 0.15) is 70.4 Å². The molecule has 2 aliphatic heterocycles. The van der Waals surface area contributed by atoms with Crippen LogP contribution in [0.25, 0.3) is 0 Å². The summed E-state index contributed by atoms with van der Waals surface area (Å²) in [7, 11) is 0. The molecule has 0 aromatic heterocycles. The first-order chi connectivity index (χ1) is 19.2. The van der Waals surface area contributed by atoms with Crippen LogP contribution < -0.4 is 16.4 Å². The van der Waals surface area contributed by atoms with Crippen LogP contribution in [0.2, 0.25) is 10.0 Å². The van der Waals surface area contributed by atoms with Crippen LogP contribution in [-0.4, -0.2) is 41.9 Å². The second-order valence-corrected chi connectivity index (χ2v) is 14.0. The molecule has 3 aliphatic rings. The van der Waals surface area contributed by atoms with E-state index < -0.39 is 40.8 Å². The third-order valence-corrected chi connectivity index (χ3v) is 9.27. The Bertz CT molecular complexity index is 1400. The van der Waals surface area contributed by atoms with Gasteiger partial charge in [-0.1, -0.05) is 62.2 Å². The standard InChI is InChI=1S/C31H36Cl2FN3O4/c1-29(2,3)14-23-31(19-9-8-17(32)11-21(19)36-28(31)40)25(18-6-5-7-20(33)26(18)34)27(37-23)22(38)10-16-12-30(4,13-16)41-24(39)15-35/h5-9,11,16,23,25,27,37H,10,12-15,35H2,1-4H3,(H,36,40)/t16?,23-,25+,27+,30?,31+/m1/s1. The molecule has 0 radical (unpaired) electrons. The van der Waals surface area contributed by atoms with E-state index in [1.165, 1.54) is 6.07 Å². The van der Waals surface area contributed by atoms with Gasteiger partial charge in [0.25, 0.3) is 0 Å². The van der Waals surface area contributed by atoms with Gasteiger partial charge in [0, 0.05) is 29.1 Å². The van der Waals surface area contributed by atoms with Crippen molar-refractivity contribution < 1.29 is 23.5 Å². The minimum absolute atomic E-state index is 0.0224. The maximum Gasteiger partial charge on any atom is 0.320 e. The number of fused-ring (bicyclic) bond motifs is 2. The van der Waals surface area contributed by atoms with Crippen LogP contribution in [0.4, 0.5) is 10.1 Å². The second kappa shape index (κ2) is 10.6. The Morgan fingerprint density at radius 2 is 1.88 bits per heavy atom. The normalized spacial score (nSPS) is 30.6. The number of nitrogens with two attached hydrogens (primary N) is 1. The summed E-state index contributed by atoms with van der Waals surface area (Å²) in [6.45, 7) is 7.84. The fourth-order valence-corrected chi connectivity index (χ4v) is 7.68. The minimum Gasteiger partial charge on any atom is -0.458 e. The first-order valence-electron chi connectivity index (χ1n) is 13.9. The van der Waals surface area contributed by atoms with Crippen LogP contribution >= 0.6 is 23.2 Å². The molecule has 1 aliphatic carbocycles. The molecule has 220 valence electrons. The number of Topliss-reactive ketones (excluding diaryl/α,β-unsaturated/α-hetero) is 1. The van der Waals surface area contributed by atoms with Crippen molar-refractivity contribution in [2.75, 3.05) is 11.9 Å². The number of ketones is 1. The van der Waals surface area contributed by atoms with E-state index in [-0.39, 0.29) is 46.6 Å². The minimum atomic E-state index is -1.29. The molecule has 2 aromatic rings. The summed E-state index contributed by atoms with van der Waals surface area (Å²) in [6.07, 6.45) is 1.78. The van der Waals surface area contributed by atoms with Gasteiger partial charge >= 0.3 is 5.97 Å². The van der Waals surface area contributed by atoms with Gasteiger partial charge in [-0.3, -0.25) is 14.4 Å². The van der Waals surface area contributed by atoms with E-state index in [2.05, 4.69) is 31.4 Å². The average molecular weight is 605 g/mol. The van der Waals surface area contributed by atoms with E-state index in [4.69, 9.17) is 33.7 Å². The van der Waals surface area contributed by atoms with Crippen molar-refractivity contribution >= 4 is 46.5 Å². The Hall–Kier alpha value is -2.52. The number of halogens is 3. The van der Waals surface area contributed by atoms with Crippen LogP contribution in [0.3, 0.4) is 0 Å². The Morgan fingerprint density at radius 1 is 1.17 bits per heavy atom. The predicted octanol–water partition coefficient (Wildman–Crippen LogP) is 5.51. The average Bonchev–Trinajstić information content (AvgIpc) is 3.33. The van der Waals surface area contributed by atoms with E-state index in [1.807, 2.05) is 6.92 Å². The summed E-state index contributed by atoms with van der Waals surface area (Å²) in [5.41, 5.74) is 4.67.